The Morgan fingerprint density at radius 3 is 3.00 bits per heavy atom. The van der Waals surface area contributed by atoms with E-state index in [0.717, 1.165) is 28.7 Å². The summed E-state index contributed by atoms with van der Waals surface area (Å²) in [7, 11) is 1.92. The highest BCUT2D eigenvalue weighted by molar-refractivity contribution is 5.98. The molecule has 31 heavy (non-hydrogen) atoms. The zero-order valence-electron chi connectivity index (χ0n) is 17.0. The van der Waals surface area contributed by atoms with E-state index in [1.807, 2.05) is 42.1 Å². The fourth-order valence-corrected chi connectivity index (χ4v) is 4.10. The maximum absolute atomic E-state index is 12.8. The quantitative estimate of drug-likeness (QED) is 0.519. The van der Waals surface area contributed by atoms with E-state index in [9.17, 15) is 4.79 Å². The van der Waals surface area contributed by atoms with E-state index < -0.39 is 0 Å². The number of aromatic nitrogens is 5. The first kappa shape index (κ1) is 18.1. The summed E-state index contributed by atoms with van der Waals surface area (Å²) in [4.78, 5) is 21.4. The van der Waals surface area contributed by atoms with E-state index in [0.29, 0.717) is 29.9 Å². The Morgan fingerprint density at radius 2 is 2.13 bits per heavy atom. The van der Waals surface area contributed by atoms with Crippen LogP contribution in [0.25, 0.3) is 10.9 Å². The summed E-state index contributed by atoms with van der Waals surface area (Å²) in [5.41, 5.74) is 3.91. The number of nitrogens with one attached hydrogen (secondary N) is 2. The summed E-state index contributed by atoms with van der Waals surface area (Å²) < 4.78 is 9.46. The summed E-state index contributed by atoms with van der Waals surface area (Å²) in [6.07, 6.45) is 5.65. The van der Waals surface area contributed by atoms with Gasteiger partial charge in [0.15, 0.2) is 5.82 Å². The number of ether oxygens (including phenoxy) is 1. The van der Waals surface area contributed by atoms with Gasteiger partial charge in [0.1, 0.15) is 12.1 Å². The largest absolute Gasteiger partial charge is 0.439 e. The second-order valence-corrected chi connectivity index (χ2v) is 8.00. The molecule has 160 valence electrons. The van der Waals surface area contributed by atoms with Gasteiger partial charge in [-0.1, -0.05) is 0 Å². The van der Waals surface area contributed by atoms with Gasteiger partial charge in [0.05, 0.1) is 16.8 Å². The van der Waals surface area contributed by atoms with Gasteiger partial charge >= 0.3 is 6.03 Å². The Hall–Kier alpha value is -3.72. The molecule has 9 heteroatoms. The highest BCUT2D eigenvalue weighted by atomic mass is 16.5. The maximum atomic E-state index is 12.8. The van der Waals surface area contributed by atoms with Crippen molar-refractivity contribution in [3.05, 3.63) is 59.8 Å². The van der Waals surface area contributed by atoms with Crippen LogP contribution in [-0.2, 0) is 20.1 Å². The zero-order valence-corrected chi connectivity index (χ0v) is 17.0. The Bertz CT molecular complexity index is 1330. The van der Waals surface area contributed by atoms with Gasteiger partial charge in [0, 0.05) is 52.3 Å². The van der Waals surface area contributed by atoms with Crippen molar-refractivity contribution in [2.75, 3.05) is 5.32 Å². The number of amides is 1. The Labute approximate surface area is 181 Å². The third kappa shape index (κ3) is 3.23. The van der Waals surface area contributed by atoms with Crippen LogP contribution in [0, 0.1) is 0 Å². The number of nitrogens with zero attached hydrogens (tertiary/aromatic N) is 5. The van der Waals surface area contributed by atoms with Crippen molar-refractivity contribution < 1.29 is 12.4 Å². The van der Waals surface area contributed by atoms with Gasteiger partial charge in [0.2, 0.25) is 5.88 Å². The lowest BCUT2D eigenvalue weighted by Crippen LogP contribution is -2.18. The number of hydrogen-bond acceptors (Lipinski definition) is 6. The molecule has 0 unspecified atom stereocenters. The molecule has 0 radical (unpaired) electrons. The molecule has 1 aromatic carbocycles. The fraction of sp³-hybridized carbons (Fsp3) is 0.273. The lowest BCUT2D eigenvalue weighted by atomic mass is 10.2. The van der Waals surface area contributed by atoms with Crippen LogP contribution in [0.5, 0.6) is 11.6 Å². The van der Waals surface area contributed by atoms with Crippen LogP contribution in [0.4, 0.5) is 10.6 Å². The van der Waals surface area contributed by atoms with E-state index in [4.69, 9.17) is 4.74 Å². The van der Waals surface area contributed by atoms with E-state index in [-0.39, 0.29) is 8.88 Å². The second kappa shape index (κ2) is 6.92. The Balaban J connectivity index is 0.00000130. The summed E-state index contributed by atoms with van der Waals surface area (Å²) in [5.74, 6) is 2.37. The SMILES string of the molecule is Cn1nc(NC(=O)n2ccc3cc(Oc4ncnc5c4CNC5)ccc32)cc1C1CC1.[HH].[HH]. The number of rotatable bonds is 4. The van der Waals surface area contributed by atoms with Crippen molar-refractivity contribution in [3.8, 4) is 11.6 Å². The van der Waals surface area contributed by atoms with Crippen LogP contribution in [0.3, 0.4) is 0 Å². The van der Waals surface area contributed by atoms with Crippen LogP contribution in [0.1, 0.15) is 38.6 Å². The van der Waals surface area contributed by atoms with Crippen LogP contribution in [0.2, 0.25) is 0 Å². The smallest absolute Gasteiger partial charge is 0.331 e. The molecule has 1 aliphatic heterocycles. The number of carbonyl (C=O) groups excluding carboxylic acids is 1. The summed E-state index contributed by atoms with van der Waals surface area (Å²) in [5, 5.41) is 11.5. The fourth-order valence-electron chi connectivity index (χ4n) is 4.10. The standard InChI is InChI=1S/C22H21N7O2.2H2/c1-28-19(13-2-3-13)9-20(27-28)26-22(30)29-7-6-14-8-15(4-5-18(14)29)31-21-16-10-23-11-17(16)24-12-25-21;;/h4-9,12-13,23H,2-3,10-11H2,1H3,(H,26,27,30);2*1H. The molecule has 0 saturated heterocycles. The molecule has 1 amide bonds. The molecule has 2 N–H and O–H groups in total. The van der Waals surface area contributed by atoms with Gasteiger partial charge < -0.3 is 10.1 Å². The van der Waals surface area contributed by atoms with Crippen LogP contribution < -0.4 is 15.4 Å². The average molecular weight is 419 g/mol. The van der Waals surface area contributed by atoms with Gasteiger partial charge in [-0.2, -0.15) is 5.10 Å². The molecule has 4 heterocycles. The van der Waals surface area contributed by atoms with Crippen LogP contribution in [0.15, 0.2) is 42.9 Å². The predicted octanol–water partition coefficient (Wildman–Crippen LogP) is 4.01. The van der Waals surface area contributed by atoms with Gasteiger partial charge in [0.25, 0.3) is 0 Å². The molecule has 1 saturated carbocycles. The van der Waals surface area contributed by atoms with Crippen molar-refractivity contribution >= 4 is 22.8 Å². The summed E-state index contributed by atoms with van der Waals surface area (Å²) in [6, 6.07) is 9.22. The highest BCUT2D eigenvalue weighted by Crippen LogP contribution is 2.40. The van der Waals surface area contributed by atoms with Crippen LogP contribution >= 0.6 is 0 Å². The molecule has 9 nitrogen and oxygen atoms in total. The number of aryl methyl sites for hydroxylation is 1. The first-order valence-corrected chi connectivity index (χ1v) is 10.3. The van der Waals surface area contributed by atoms with Gasteiger partial charge in [-0.15, -0.1) is 0 Å². The van der Waals surface area contributed by atoms with Crippen molar-refractivity contribution in [2.45, 2.75) is 31.8 Å². The lowest BCUT2D eigenvalue weighted by molar-refractivity contribution is 0.254. The molecule has 0 bridgehead atoms. The summed E-state index contributed by atoms with van der Waals surface area (Å²) >= 11 is 0. The normalized spacial score (nSPS) is 15.3. The number of carbonyl (C=O) groups is 1. The molecule has 4 aromatic rings. The molecule has 0 atom stereocenters. The molecule has 2 aliphatic rings. The zero-order chi connectivity index (χ0) is 20.9. The van der Waals surface area contributed by atoms with Gasteiger partial charge in [-0.05, 0) is 37.1 Å². The first-order chi connectivity index (χ1) is 15.2. The second-order valence-electron chi connectivity index (χ2n) is 8.00. The van der Waals surface area contributed by atoms with Crippen molar-refractivity contribution in [2.24, 2.45) is 7.05 Å². The van der Waals surface area contributed by atoms with E-state index >= 15 is 0 Å². The van der Waals surface area contributed by atoms with E-state index in [1.54, 1.807) is 10.8 Å². The molecule has 6 rings (SSSR count). The Kier molecular flexibility index (Phi) is 4.03. The third-order valence-corrected chi connectivity index (χ3v) is 5.83. The van der Waals surface area contributed by atoms with Crippen molar-refractivity contribution in [1.29, 1.82) is 0 Å². The minimum atomic E-state index is -0.246. The molecule has 3 aromatic heterocycles. The van der Waals surface area contributed by atoms with Gasteiger partial charge in [-0.3, -0.25) is 14.6 Å². The van der Waals surface area contributed by atoms with Crippen molar-refractivity contribution in [3.63, 3.8) is 0 Å². The molecule has 1 aliphatic carbocycles. The lowest BCUT2D eigenvalue weighted by Gasteiger charge is -2.09. The minimum Gasteiger partial charge on any atom is -0.439 e. The summed E-state index contributed by atoms with van der Waals surface area (Å²) in [6.45, 7) is 1.42. The first-order valence-electron chi connectivity index (χ1n) is 10.3. The highest BCUT2D eigenvalue weighted by Gasteiger charge is 2.27. The monoisotopic (exact) mass is 419 g/mol. The number of hydrogen-bond donors (Lipinski definition) is 2. The molecular weight excluding hydrogens is 394 g/mol. The van der Waals surface area contributed by atoms with Gasteiger partial charge in [-0.25, -0.2) is 14.8 Å². The maximum Gasteiger partial charge on any atom is 0.331 e. The number of benzene rings is 1. The molecule has 0 spiro atoms. The third-order valence-electron chi connectivity index (χ3n) is 5.83. The molecule has 1 fully saturated rings. The topological polar surface area (TPSA) is 98.9 Å². The number of fused-ring (bicyclic) bond motifs is 2. The van der Waals surface area contributed by atoms with E-state index in [1.165, 1.54) is 24.9 Å². The van der Waals surface area contributed by atoms with Crippen molar-refractivity contribution in [1.82, 2.24) is 29.6 Å². The number of anilines is 1. The predicted molar refractivity (Wildman–Crippen MR) is 118 cm³/mol. The van der Waals surface area contributed by atoms with Crippen LogP contribution in [-0.4, -0.2) is 30.3 Å². The van der Waals surface area contributed by atoms with E-state index in [2.05, 4.69) is 25.7 Å². The molecular formula is C22H25N7O2. The Morgan fingerprint density at radius 1 is 1.23 bits per heavy atom. The minimum absolute atomic E-state index is 0. The average Bonchev–Trinajstić information content (AvgIpc) is 3.17.